The van der Waals surface area contributed by atoms with Crippen LogP contribution >= 0.6 is 23.3 Å². The third kappa shape index (κ3) is 1.47. The number of hydrogen-bond acceptors (Lipinski definition) is 5. The van der Waals surface area contributed by atoms with Crippen LogP contribution in [0.1, 0.15) is 0 Å². The highest BCUT2D eigenvalue weighted by Gasteiger charge is 2.33. The van der Waals surface area contributed by atoms with Crippen LogP contribution in [0.2, 0.25) is 5.02 Å². The second-order valence-electron chi connectivity index (χ2n) is 3.42. The van der Waals surface area contributed by atoms with E-state index in [0.717, 1.165) is 16.6 Å². The number of rotatable bonds is 1. The van der Waals surface area contributed by atoms with Crippen molar-refractivity contribution in [2.45, 2.75) is 0 Å². The van der Waals surface area contributed by atoms with Gasteiger partial charge in [-0.25, -0.2) is 9.69 Å². The summed E-state index contributed by atoms with van der Waals surface area (Å²) in [6.07, 6.45) is 0. The minimum atomic E-state index is -0.489. The van der Waals surface area contributed by atoms with Gasteiger partial charge < -0.3 is 5.32 Å². The summed E-state index contributed by atoms with van der Waals surface area (Å²) in [5, 5.41) is 2.74. The topological polar surface area (TPSA) is 75.2 Å². The third-order valence-corrected chi connectivity index (χ3v) is 3.27. The Balaban J connectivity index is 2.28. The summed E-state index contributed by atoms with van der Waals surface area (Å²) < 4.78 is 8.11. The summed E-state index contributed by atoms with van der Waals surface area (Å²) in [7, 11) is 0. The zero-order valence-electron chi connectivity index (χ0n) is 8.31. The van der Waals surface area contributed by atoms with Gasteiger partial charge in [-0.1, -0.05) is 11.6 Å². The van der Waals surface area contributed by atoms with E-state index in [1.807, 2.05) is 0 Å². The van der Waals surface area contributed by atoms with Crippen LogP contribution in [0, 0.1) is 0 Å². The molecular formula is C9H5ClN4O2S. The molecule has 3 amide bonds. The lowest BCUT2D eigenvalue weighted by molar-refractivity contribution is -0.115. The van der Waals surface area contributed by atoms with Gasteiger partial charge in [0.1, 0.15) is 16.7 Å². The van der Waals surface area contributed by atoms with Crippen molar-refractivity contribution in [3.63, 3.8) is 0 Å². The number of imide groups is 1. The molecule has 2 heterocycles. The SMILES string of the molecule is O=C1CNC(=O)N1c1c(Cl)ccc2nsnc12. The highest BCUT2D eigenvalue weighted by molar-refractivity contribution is 7.00. The average Bonchev–Trinajstić information content (AvgIpc) is 2.88. The molecule has 1 N–H and O–H groups in total. The Labute approximate surface area is 104 Å². The van der Waals surface area contributed by atoms with E-state index in [2.05, 4.69) is 14.1 Å². The molecule has 2 aromatic rings. The van der Waals surface area contributed by atoms with Crippen molar-refractivity contribution in [2.24, 2.45) is 0 Å². The summed E-state index contributed by atoms with van der Waals surface area (Å²) in [6, 6.07) is 2.81. The standard InChI is InChI=1S/C9H5ClN4O2S/c10-4-1-2-5-7(13-17-12-5)8(4)14-6(15)3-11-9(14)16/h1-2H,3H2,(H,11,16). The lowest BCUT2D eigenvalue weighted by Crippen LogP contribution is -2.31. The van der Waals surface area contributed by atoms with E-state index in [4.69, 9.17) is 11.6 Å². The minimum Gasteiger partial charge on any atom is -0.328 e. The highest BCUT2D eigenvalue weighted by atomic mass is 35.5. The molecule has 1 aromatic heterocycles. The molecule has 1 aliphatic rings. The van der Waals surface area contributed by atoms with Crippen LogP contribution in [0.15, 0.2) is 12.1 Å². The molecule has 3 rings (SSSR count). The average molecular weight is 269 g/mol. The van der Waals surface area contributed by atoms with Crippen molar-refractivity contribution in [3.05, 3.63) is 17.2 Å². The first-order valence-electron chi connectivity index (χ1n) is 4.70. The largest absolute Gasteiger partial charge is 0.329 e. The van der Waals surface area contributed by atoms with Crippen LogP contribution in [0.25, 0.3) is 11.0 Å². The summed E-state index contributed by atoms with van der Waals surface area (Å²) in [4.78, 5) is 24.2. The molecule has 1 fully saturated rings. The minimum absolute atomic E-state index is 0.0247. The summed E-state index contributed by atoms with van der Waals surface area (Å²) >= 11 is 7.04. The Bertz CT molecular complexity index is 625. The zero-order chi connectivity index (χ0) is 12.0. The van der Waals surface area contributed by atoms with Crippen molar-refractivity contribution < 1.29 is 9.59 Å². The molecule has 6 nitrogen and oxygen atoms in total. The van der Waals surface area contributed by atoms with Gasteiger partial charge in [0.05, 0.1) is 23.3 Å². The number of anilines is 1. The van der Waals surface area contributed by atoms with E-state index in [0.29, 0.717) is 21.7 Å². The molecule has 0 unspecified atom stereocenters. The van der Waals surface area contributed by atoms with Gasteiger partial charge >= 0.3 is 6.03 Å². The normalized spacial score (nSPS) is 15.7. The molecule has 8 heteroatoms. The van der Waals surface area contributed by atoms with Gasteiger partial charge in [0, 0.05) is 0 Å². The van der Waals surface area contributed by atoms with Crippen LogP contribution < -0.4 is 10.2 Å². The lowest BCUT2D eigenvalue weighted by Gasteiger charge is -2.13. The highest BCUT2D eigenvalue weighted by Crippen LogP contribution is 2.34. The lowest BCUT2D eigenvalue weighted by atomic mass is 10.2. The molecule has 86 valence electrons. The number of amides is 3. The monoisotopic (exact) mass is 268 g/mol. The van der Waals surface area contributed by atoms with Gasteiger partial charge in [-0.3, -0.25) is 4.79 Å². The molecule has 0 radical (unpaired) electrons. The maximum Gasteiger partial charge on any atom is 0.329 e. The Morgan fingerprint density at radius 3 is 2.88 bits per heavy atom. The van der Waals surface area contributed by atoms with E-state index in [9.17, 15) is 9.59 Å². The molecule has 0 aliphatic carbocycles. The molecular weight excluding hydrogens is 264 g/mol. The number of nitrogens with one attached hydrogen (secondary N) is 1. The van der Waals surface area contributed by atoms with Gasteiger partial charge in [-0.15, -0.1) is 0 Å². The van der Waals surface area contributed by atoms with Crippen molar-refractivity contribution in [1.29, 1.82) is 0 Å². The third-order valence-electron chi connectivity index (χ3n) is 2.42. The number of fused-ring (bicyclic) bond motifs is 1. The van der Waals surface area contributed by atoms with Crippen molar-refractivity contribution in [3.8, 4) is 0 Å². The fourth-order valence-corrected chi connectivity index (χ4v) is 2.45. The van der Waals surface area contributed by atoms with Crippen molar-refractivity contribution in [1.82, 2.24) is 14.1 Å². The Morgan fingerprint density at radius 2 is 2.18 bits per heavy atom. The molecule has 1 saturated heterocycles. The maximum absolute atomic E-state index is 11.6. The number of carbonyl (C=O) groups excluding carboxylic acids is 2. The first kappa shape index (κ1) is 10.4. The molecule has 1 aromatic carbocycles. The maximum atomic E-state index is 11.6. The van der Waals surface area contributed by atoms with Gasteiger partial charge in [-0.2, -0.15) is 8.75 Å². The first-order chi connectivity index (χ1) is 8.18. The molecule has 0 bridgehead atoms. The van der Waals surface area contributed by atoms with Crippen LogP contribution in [0.5, 0.6) is 0 Å². The smallest absolute Gasteiger partial charge is 0.328 e. The van der Waals surface area contributed by atoms with Crippen LogP contribution in [-0.2, 0) is 4.79 Å². The van der Waals surface area contributed by atoms with Crippen molar-refractivity contribution >= 4 is 52.0 Å². The van der Waals surface area contributed by atoms with Crippen LogP contribution in [0.3, 0.4) is 0 Å². The summed E-state index contributed by atoms with van der Waals surface area (Å²) in [5.74, 6) is -0.350. The Hall–Kier alpha value is -1.73. The van der Waals surface area contributed by atoms with Crippen molar-refractivity contribution in [2.75, 3.05) is 11.4 Å². The summed E-state index contributed by atoms with van der Waals surface area (Å²) in [5.41, 5.74) is 1.38. The van der Waals surface area contributed by atoms with E-state index in [1.54, 1.807) is 12.1 Å². The number of nitrogens with zero attached hydrogens (tertiary/aromatic N) is 3. The molecule has 0 saturated carbocycles. The number of urea groups is 1. The van der Waals surface area contributed by atoms with E-state index >= 15 is 0 Å². The second-order valence-corrected chi connectivity index (χ2v) is 4.35. The van der Waals surface area contributed by atoms with Gasteiger partial charge in [0.15, 0.2) is 0 Å². The second kappa shape index (κ2) is 3.64. The fourth-order valence-electron chi connectivity index (χ4n) is 1.67. The van der Waals surface area contributed by atoms with Gasteiger partial charge in [0.25, 0.3) is 5.91 Å². The molecule has 0 spiro atoms. The fraction of sp³-hybridized carbons (Fsp3) is 0.111. The number of aromatic nitrogens is 2. The van der Waals surface area contributed by atoms with E-state index in [1.165, 1.54) is 0 Å². The predicted octanol–water partition coefficient (Wildman–Crippen LogP) is 1.40. The predicted molar refractivity (Wildman–Crippen MR) is 63.3 cm³/mol. The van der Waals surface area contributed by atoms with E-state index in [-0.39, 0.29) is 12.5 Å². The van der Waals surface area contributed by atoms with Gasteiger partial charge in [0.2, 0.25) is 0 Å². The van der Waals surface area contributed by atoms with Crippen LogP contribution in [0.4, 0.5) is 10.5 Å². The van der Waals surface area contributed by atoms with E-state index < -0.39 is 6.03 Å². The molecule has 17 heavy (non-hydrogen) atoms. The van der Waals surface area contributed by atoms with Gasteiger partial charge in [-0.05, 0) is 12.1 Å². The molecule has 1 aliphatic heterocycles. The number of hydrogen-bond donors (Lipinski definition) is 1. The Morgan fingerprint density at radius 1 is 1.35 bits per heavy atom. The summed E-state index contributed by atoms with van der Waals surface area (Å²) in [6.45, 7) is -0.0247. The number of carbonyl (C=O) groups is 2. The quantitative estimate of drug-likeness (QED) is 0.794. The Kier molecular flexibility index (Phi) is 2.23. The van der Waals surface area contributed by atoms with Crippen LogP contribution in [-0.4, -0.2) is 27.2 Å². The number of halogens is 1. The zero-order valence-corrected chi connectivity index (χ0v) is 9.88. The number of benzene rings is 1. The first-order valence-corrected chi connectivity index (χ1v) is 5.81. The molecule has 0 atom stereocenters.